The summed E-state index contributed by atoms with van der Waals surface area (Å²) in [6.07, 6.45) is 3.05. The number of nitrogens with zero attached hydrogens (tertiary/aromatic N) is 3. The van der Waals surface area contributed by atoms with E-state index in [0.717, 1.165) is 18.7 Å². The normalized spacial score (nSPS) is 16.6. The van der Waals surface area contributed by atoms with Gasteiger partial charge in [0.1, 0.15) is 11.8 Å². The second-order valence-electron chi connectivity index (χ2n) is 3.59. The van der Waals surface area contributed by atoms with Crippen molar-refractivity contribution in [3.63, 3.8) is 0 Å². The second-order valence-corrected chi connectivity index (χ2v) is 3.59. The summed E-state index contributed by atoms with van der Waals surface area (Å²) in [6.45, 7) is 3.39. The van der Waals surface area contributed by atoms with Crippen LogP contribution in [-0.4, -0.2) is 40.9 Å². The van der Waals surface area contributed by atoms with E-state index in [0.29, 0.717) is 26.4 Å². The molecule has 1 fully saturated rings. The van der Waals surface area contributed by atoms with E-state index in [2.05, 4.69) is 10.3 Å². The van der Waals surface area contributed by atoms with E-state index in [4.69, 9.17) is 15.2 Å². The highest BCUT2D eigenvalue weighted by Crippen LogP contribution is 2.08. The molecule has 6 heteroatoms. The van der Waals surface area contributed by atoms with Crippen LogP contribution in [0.25, 0.3) is 0 Å². The molecule has 1 aromatic rings. The maximum atomic E-state index is 5.52. The summed E-state index contributed by atoms with van der Waals surface area (Å²) in [7, 11) is 0. The Kier molecular flexibility index (Phi) is 3.65. The molecule has 15 heavy (non-hydrogen) atoms. The smallest absolute Gasteiger partial charge is 0.108 e. The molecule has 0 spiro atoms. The van der Waals surface area contributed by atoms with Crippen molar-refractivity contribution in [3.05, 3.63) is 11.9 Å². The lowest BCUT2D eigenvalue weighted by molar-refractivity contribution is -0.135. The Balaban J connectivity index is 1.73. The molecule has 1 aliphatic heterocycles. The Labute approximate surface area is 88.3 Å². The molecule has 1 saturated heterocycles. The van der Waals surface area contributed by atoms with Gasteiger partial charge in [-0.2, -0.15) is 0 Å². The first-order chi connectivity index (χ1) is 7.38. The number of hydrogen-bond donors (Lipinski definition) is 1. The predicted octanol–water partition coefficient (Wildman–Crippen LogP) is -0.458. The average Bonchev–Trinajstić information content (AvgIpc) is 2.60. The van der Waals surface area contributed by atoms with Crippen molar-refractivity contribution in [1.29, 1.82) is 0 Å². The van der Waals surface area contributed by atoms with Gasteiger partial charge in [-0.05, 0) is 13.0 Å². The quantitative estimate of drug-likeness (QED) is 0.690. The van der Waals surface area contributed by atoms with Crippen LogP contribution in [0.2, 0.25) is 0 Å². The minimum atomic E-state index is 0.235. The molecule has 0 aliphatic carbocycles. The topological polar surface area (TPSA) is 75.2 Å². The molecule has 0 radical (unpaired) electrons. The zero-order chi connectivity index (χ0) is 10.5. The molecule has 1 aromatic heterocycles. The first-order valence-electron chi connectivity index (χ1n) is 5.17. The molecular formula is C9H16N4O2. The third-order valence-corrected chi connectivity index (χ3v) is 2.25. The first kappa shape index (κ1) is 10.5. The van der Waals surface area contributed by atoms with E-state index in [9.17, 15) is 0 Å². The highest BCUT2D eigenvalue weighted by molar-refractivity contribution is 4.90. The van der Waals surface area contributed by atoms with Crippen LogP contribution < -0.4 is 5.73 Å². The molecule has 0 aromatic carbocycles. The van der Waals surface area contributed by atoms with Crippen LogP contribution in [0.3, 0.4) is 0 Å². The molecule has 1 aliphatic rings. The number of nitrogens with two attached hydrogens (primary N) is 1. The molecule has 2 heterocycles. The van der Waals surface area contributed by atoms with Gasteiger partial charge in [-0.25, -0.2) is 0 Å². The van der Waals surface area contributed by atoms with Crippen molar-refractivity contribution in [2.45, 2.75) is 25.7 Å². The van der Waals surface area contributed by atoms with Gasteiger partial charge in [-0.3, -0.25) is 4.68 Å². The van der Waals surface area contributed by atoms with E-state index in [1.165, 1.54) is 0 Å². The summed E-state index contributed by atoms with van der Waals surface area (Å²) in [5.41, 5.74) is 6.27. The maximum Gasteiger partial charge on any atom is 0.108 e. The van der Waals surface area contributed by atoms with E-state index in [-0.39, 0.29) is 6.10 Å². The zero-order valence-corrected chi connectivity index (χ0v) is 8.63. The van der Waals surface area contributed by atoms with E-state index in [1.54, 1.807) is 4.68 Å². The number of hydrogen-bond acceptors (Lipinski definition) is 5. The van der Waals surface area contributed by atoms with Crippen LogP contribution in [0.15, 0.2) is 6.20 Å². The number of aromatic nitrogens is 3. The minimum Gasteiger partial charge on any atom is -0.376 e. The fourth-order valence-corrected chi connectivity index (χ4v) is 1.28. The molecule has 2 N–H and O–H groups in total. The van der Waals surface area contributed by atoms with Gasteiger partial charge in [-0.15, -0.1) is 5.10 Å². The summed E-state index contributed by atoms with van der Waals surface area (Å²) < 4.78 is 12.3. The van der Waals surface area contributed by atoms with Gasteiger partial charge in [0.2, 0.25) is 0 Å². The highest BCUT2D eigenvalue weighted by atomic mass is 16.6. The summed E-state index contributed by atoms with van der Waals surface area (Å²) in [5, 5.41) is 7.98. The van der Waals surface area contributed by atoms with E-state index >= 15 is 0 Å². The molecule has 6 nitrogen and oxygen atoms in total. The Morgan fingerprint density at radius 2 is 2.47 bits per heavy atom. The lowest BCUT2D eigenvalue weighted by Gasteiger charge is -2.25. The first-order valence-corrected chi connectivity index (χ1v) is 5.17. The van der Waals surface area contributed by atoms with Crippen LogP contribution in [0, 0.1) is 0 Å². The zero-order valence-electron chi connectivity index (χ0n) is 8.63. The Bertz CT molecular complexity index is 298. The van der Waals surface area contributed by atoms with Gasteiger partial charge in [0.25, 0.3) is 0 Å². The fraction of sp³-hybridized carbons (Fsp3) is 0.778. The van der Waals surface area contributed by atoms with Crippen molar-refractivity contribution >= 4 is 0 Å². The Morgan fingerprint density at radius 1 is 1.60 bits per heavy atom. The van der Waals surface area contributed by atoms with E-state index < -0.39 is 0 Å². The summed E-state index contributed by atoms with van der Waals surface area (Å²) in [6, 6.07) is 0. The maximum absolute atomic E-state index is 5.52. The monoisotopic (exact) mass is 212 g/mol. The van der Waals surface area contributed by atoms with Crippen molar-refractivity contribution < 1.29 is 9.47 Å². The highest BCUT2D eigenvalue weighted by Gasteiger charge is 2.19. The molecule has 0 unspecified atom stereocenters. The summed E-state index contributed by atoms with van der Waals surface area (Å²) >= 11 is 0. The van der Waals surface area contributed by atoms with Gasteiger partial charge >= 0.3 is 0 Å². The third-order valence-electron chi connectivity index (χ3n) is 2.25. The standard InChI is InChI=1S/C9H16N4O2/c10-2-1-3-13-4-8(11-12-13)5-15-9-6-14-7-9/h4,9H,1-3,5-7,10H2. The van der Waals surface area contributed by atoms with Crippen LogP contribution >= 0.6 is 0 Å². The SMILES string of the molecule is NCCCn1cc(COC2COC2)nn1. The van der Waals surface area contributed by atoms with Crippen molar-refractivity contribution in [1.82, 2.24) is 15.0 Å². The van der Waals surface area contributed by atoms with Crippen LogP contribution in [-0.2, 0) is 22.6 Å². The molecule has 2 rings (SSSR count). The summed E-state index contributed by atoms with van der Waals surface area (Å²) in [4.78, 5) is 0. The second kappa shape index (κ2) is 5.20. The van der Waals surface area contributed by atoms with Crippen LogP contribution in [0.1, 0.15) is 12.1 Å². The largest absolute Gasteiger partial charge is 0.376 e. The van der Waals surface area contributed by atoms with Crippen molar-refractivity contribution in [3.8, 4) is 0 Å². The molecule has 0 bridgehead atoms. The predicted molar refractivity (Wildman–Crippen MR) is 53.1 cm³/mol. The third kappa shape index (κ3) is 2.98. The van der Waals surface area contributed by atoms with Crippen molar-refractivity contribution in [2.75, 3.05) is 19.8 Å². The van der Waals surface area contributed by atoms with Gasteiger partial charge in [0.15, 0.2) is 0 Å². The van der Waals surface area contributed by atoms with Crippen molar-refractivity contribution in [2.24, 2.45) is 5.73 Å². The van der Waals surface area contributed by atoms with Gasteiger partial charge < -0.3 is 15.2 Å². The van der Waals surface area contributed by atoms with Gasteiger partial charge in [-0.1, -0.05) is 5.21 Å². The van der Waals surface area contributed by atoms with Crippen LogP contribution in [0.4, 0.5) is 0 Å². The van der Waals surface area contributed by atoms with Crippen LogP contribution in [0.5, 0.6) is 0 Å². The number of aryl methyl sites for hydroxylation is 1. The van der Waals surface area contributed by atoms with E-state index in [1.807, 2.05) is 6.20 Å². The number of rotatable bonds is 6. The van der Waals surface area contributed by atoms with Gasteiger partial charge in [0.05, 0.1) is 26.0 Å². The Hall–Kier alpha value is -0.980. The minimum absolute atomic E-state index is 0.235. The fourth-order valence-electron chi connectivity index (χ4n) is 1.28. The lowest BCUT2D eigenvalue weighted by atomic mass is 10.3. The average molecular weight is 212 g/mol. The lowest BCUT2D eigenvalue weighted by Crippen LogP contribution is -2.35. The molecule has 0 saturated carbocycles. The molecular weight excluding hydrogens is 196 g/mol. The number of ether oxygens (including phenoxy) is 2. The molecule has 84 valence electrons. The Morgan fingerprint density at radius 3 is 3.13 bits per heavy atom. The van der Waals surface area contributed by atoms with Gasteiger partial charge in [0, 0.05) is 6.54 Å². The summed E-state index contributed by atoms with van der Waals surface area (Å²) in [5.74, 6) is 0. The molecule has 0 amide bonds. The molecule has 0 atom stereocenters.